The molecule has 0 bridgehead atoms. The van der Waals surface area contributed by atoms with Gasteiger partial charge in [0.1, 0.15) is 5.75 Å². The number of benzene rings is 2. The maximum Gasteiger partial charge on any atom is 0.573 e. The van der Waals surface area contributed by atoms with Gasteiger partial charge in [0.2, 0.25) is 0 Å². The van der Waals surface area contributed by atoms with Crippen molar-refractivity contribution in [3.63, 3.8) is 0 Å². The summed E-state index contributed by atoms with van der Waals surface area (Å²) in [6.45, 7) is 0.672. The lowest BCUT2D eigenvalue weighted by Gasteiger charge is -2.27. The second-order valence-electron chi connectivity index (χ2n) is 6.39. The van der Waals surface area contributed by atoms with Crippen LogP contribution in [0.2, 0.25) is 0 Å². The van der Waals surface area contributed by atoms with E-state index in [9.17, 15) is 23.1 Å². The Morgan fingerprint density at radius 1 is 1.19 bits per heavy atom. The second kappa shape index (κ2) is 9.71. The number of halogens is 3. The molecule has 1 unspecified atom stereocenters. The molecule has 0 spiro atoms. The third-order valence-electron chi connectivity index (χ3n) is 4.20. The molecule has 2 aromatic carbocycles. The van der Waals surface area contributed by atoms with Crippen molar-refractivity contribution < 1.29 is 27.8 Å². The lowest BCUT2D eigenvalue weighted by atomic mass is 10.1. The highest BCUT2D eigenvalue weighted by molar-refractivity contribution is 7.80. The van der Waals surface area contributed by atoms with Gasteiger partial charge >= 0.3 is 6.36 Å². The highest BCUT2D eigenvalue weighted by Gasteiger charge is 2.33. The molecular formula is C19H18F3N5O3S. The molecule has 12 heteroatoms. The smallest absolute Gasteiger partial charge is 0.405 e. The van der Waals surface area contributed by atoms with E-state index in [-0.39, 0.29) is 10.7 Å². The quantitative estimate of drug-likeness (QED) is 0.457. The molecule has 0 saturated carbocycles. The molecule has 3 rings (SSSR count). The van der Waals surface area contributed by atoms with Gasteiger partial charge in [-0.15, -0.1) is 18.3 Å². The zero-order chi connectivity index (χ0) is 22.4. The van der Waals surface area contributed by atoms with Crippen LogP contribution in [0.15, 0.2) is 58.9 Å². The number of carbonyl (C=O) groups is 1. The molecule has 0 aromatic heterocycles. The first kappa shape index (κ1) is 22.4. The Kier molecular flexibility index (Phi) is 7.02. The average Bonchev–Trinajstić information content (AvgIpc) is 2.72. The van der Waals surface area contributed by atoms with Crippen molar-refractivity contribution in [1.82, 2.24) is 15.6 Å². The third kappa shape index (κ3) is 6.12. The number of carbonyl (C=O) groups excluding carboxylic acids is 1. The largest absolute Gasteiger partial charge is 0.573 e. The minimum Gasteiger partial charge on any atom is -0.405 e. The molecule has 3 N–H and O–H groups in total. The minimum atomic E-state index is -4.92. The average molecular weight is 453 g/mol. The van der Waals surface area contributed by atoms with Crippen LogP contribution in [0.5, 0.6) is 5.75 Å². The van der Waals surface area contributed by atoms with E-state index in [0.29, 0.717) is 30.8 Å². The second-order valence-corrected chi connectivity index (χ2v) is 6.80. The van der Waals surface area contributed by atoms with E-state index in [1.165, 1.54) is 23.2 Å². The number of aliphatic hydroxyl groups is 1. The van der Waals surface area contributed by atoms with Crippen molar-refractivity contribution in [2.45, 2.75) is 19.0 Å². The van der Waals surface area contributed by atoms with Crippen LogP contribution in [0.3, 0.4) is 0 Å². The standard InChI is InChI=1S/C19H18F3N5O3S/c20-19(21,22)30-15-9-4-2-7-13(15)16(28)24-18(31)23-10-5-11-27-17(29)12-6-1-3-8-14(12)25-26-27/h1-4,6-9,17,29H,5,10-11H2,(H2,23,24,28,31). The lowest BCUT2D eigenvalue weighted by Crippen LogP contribution is -2.40. The molecule has 1 heterocycles. The van der Waals surface area contributed by atoms with E-state index >= 15 is 0 Å². The summed E-state index contributed by atoms with van der Waals surface area (Å²) in [4.78, 5) is 12.2. The van der Waals surface area contributed by atoms with Gasteiger partial charge in [0.15, 0.2) is 11.3 Å². The molecular weight excluding hydrogens is 435 g/mol. The first-order chi connectivity index (χ1) is 14.7. The van der Waals surface area contributed by atoms with Crippen molar-refractivity contribution >= 4 is 28.9 Å². The first-order valence-corrected chi connectivity index (χ1v) is 9.54. The molecule has 1 atom stereocenters. The third-order valence-corrected chi connectivity index (χ3v) is 4.44. The van der Waals surface area contributed by atoms with Gasteiger partial charge in [0.25, 0.3) is 5.91 Å². The molecule has 0 fully saturated rings. The maximum atomic E-state index is 12.5. The summed E-state index contributed by atoms with van der Waals surface area (Å²) < 4.78 is 41.3. The summed E-state index contributed by atoms with van der Waals surface area (Å²) in [7, 11) is 0. The summed E-state index contributed by atoms with van der Waals surface area (Å²) in [5.41, 5.74) is 0.940. The predicted molar refractivity (Wildman–Crippen MR) is 108 cm³/mol. The number of hydrogen-bond acceptors (Lipinski definition) is 7. The molecule has 1 aliphatic heterocycles. The van der Waals surface area contributed by atoms with Crippen molar-refractivity contribution in [3.05, 3.63) is 59.7 Å². The fraction of sp³-hybridized carbons (Fsp3) is 0.263. The SMILES string of the molecule is O=C(NC(=S)NCCCN1N=Nc2ccccc2C1O)c1ccccc1OC(F)(F)F. The van der Waals surface area contributed by atoms with Crippen LogP contribution in [0, 0.1) is 0 Å². The van der Waals surface area contributed by atoms with Crippen LogP contribution in [0.1, 0.15) is 28.6 Å². The molecule has 31 heavy (non-hydrogen) atoms. The minimum absolute atomic E-state index is 0.0574. The highest BCUT2D eigenvalue weighted by Crippen LogP contribution is 2.32. The number of para-hydroxylation sites is 1. The van der Waals surface area contributed by atoms with Crippen LogP contribution in [-0.4, -0.2) is 40.6 Å². The summed E-state index contributed by atoms with van der Waals surface area (Å²) in [5, 5.41) is 24.8. The number of thiocarbonyl (C=S) groups is 1. The normalized spacial score (nSPS) is 15.2. The number of nitrogens with one attached hydrogen (secondary N) is 2. The predicted octanol–water partition coefficient (Wildman–Crippen LogP) is 3.59. The van der Waals surface area contributed by atoms with Gasteiger partial charge in [0, 0.05) is 18.7 Å². The zero-order valence-electron chi connectivity index (χ0n) is 16.0. The van der Waals surface area contributed by atoms with E-state index in [1.807, 2.05) is 0 Å². The summed E-state index contributed by atoms with van der Waals surface area (Å²) >= 11 is 5.02. The van der Waals surface area contributed by atoms with Crippen LogP contribution in [0.25, 0.3) is 0 Å². The number of amides is 1. The Bertz CT molecular complexity index is 986. The lowest BCUT2D eigenvalue weighted by molar-refractivity contribution is -0.274. The Balaban J connectivity index is 1.46. The summed E-state index contributed by atoms with van der Waals surface area (Å²) in [6.07, 6.45) is -5.36. The summed E-state index contributed by atoms with van der Waals surface area (Å²) in [6, 6.07) is 12.1. The van der Waals surface area contributed by atoms with Crippen molar-refractivity contribution in [2.24, 2.45) is 10.3 Å². The van der Waals surface area contributed by atoms with Crippen molar-refractivity contribution in [3.8, 4) is 5.75 Å². The number of hydrogen-bond donors (Lipinski definition) is 3. The van der Waals surface area contributed by atoms with Gasteiger partial charge in [-0.3, -0.25) is 10.1 Å². The molecule has 0 aliphatic carbocycles. The van der Waals surface area contributed by atoms with Crippen molar-refractivity contribution in [2.75, 3.05) is 13.1 Å². The fourth-order valence-corrected chi connectivity index (χ4v) is 3.00. The van der Waals surface area contributed by atoms with Gasteiger partial charge in [0.05, 0.1) is 11.3 Å². The van der Waals surface area contributed by atoms with Gasteiger partial charge < -0.3 is 15.2 Å². The Hall–Kier alpha value is -3.25. The van der Waals surface area contributed by atoms with Gasteiger partial charge in [-0.1, -0.05) is 35.6 Å². The van der Waals surface area contributed by atoms with Crippen molar-refractivity contribution in [1.29, 1.82) is 0 Å². The molecule has 1 aliphatic rings. The van der Waals surface area contributed by atoms with Crippen LogP contribution >= 0.6 is 12.2 Å². The van der Waals surface area contributed by atoms with Crippen LogP contribution < -0.4 is 15.4 Å². The first-order valence-electron chi connectivity index (χ1n) is 9.14. The maximum absolute atomic E-state index is 12.5. The van der Waals surface area contributed by atoms with Crippen LogP contribution in [0.4, 0.5) is 18.9 Å². The Morgan fingerprint density at radius 2 is 1.90 bits per heavy atom. The zero-order valence-corrected chi connectivity index (χ0v) is 16.8. The number of rotatable bonds is 6. The van der Waals surface area contributed by atoms with E-state index < -0.39 is 24.2 Å². The summed E-state index contributed by atoms with van der Waals surface area (Å²) in [5.74, 6) is -1.46. The molecule has 8 nitrogen and oxygen atoms in total. The number of fused-ring (bicyclic) bond motifs is 1. The number of nitrogens with zero attached hydrogens (tertiary/aromatic N) is 3. The van der Waals surface area contributed by atoms with E-state index in [1.54, 1.807) is 24.3 Å². The molecule has 2 aromatic rings. The van der Waals surface area contributed by atoms with Gasteiger partial charge in [-0.2, -0.15) is 0 Å². The molecule has 1 amide bonds. The molecule has 0 radical (unpaired) electrons. The Labute approximate surface area is 180 Å². The van der Waals surface area contributed by atoms with Gasteiger partial charge in [-0.05, 0) is 36.8 Å². The van der Waals surface area contributed by atoms with Gasteiger partial charge in [-0.25, -0.2) is 5.01 Å². The van der Waals surface area contributed by atoms with E-state index in [0.717, 1.165) is 6.07 Å². The van der Waals surface area contributed by atoms with E-state index in [2.05, 4.69) is 25.7 Å². The van der Waals surface area contributed by atoms with Crippen LogP contribution in [-0.2, 0) is 0 Å². The number of ether oxygens (including phenoxy) is 1. The topological polar surface area (TPSA) is 98.6 Å². The fourth-order valence-electron chi connectivity index (χ4n) is 2.80. The monoisotopic (exact) mass is 453 g/mol. The van der Waals surface area contributed by atoms with E-state index in [4.69, 9.17) is 12.2 Å². The molecule has 164 valence electrons. The molecule has 0 saturated heterocycles. The highest BCUT2D eigenvalue weighted by atomic mass is 32.1. The number of aliphatic hydroxyl groups excluding tert-OH is 1. The Morgan fingerprint density at radius 3 is 2.68 bits per heavy atom. The number of alkyl halides is 3.